The summed E-state index contributed by atoms with van der Waals surface area (Å²) in [5, 5.41) is 0. The average molecular weight is 315 g/mol. The highest BCUT2D eigenvalue weighted by molar-refractivity contribution is 5.94. The van der Waals surface area contributed by atoms with Gasteiger partial charge in [0, 0.05) is 17.7 Å². The third-order valence-electron chi connectivity index (χ3n) is 6.66. The van der Waals surface area contributed by atoms with Crippen molar-refractivity contribution in [3.8, 4) is 11.5 Å². The van der Waals surface area contributed by atoms with Crippen LogP contribution in [-0.4, -0.2) is 26.5 Å². The van der Waals surface area contributed by atoms with Crippen molar-refractivity contribution in [2.45, 2.75) is 46.5 Å². The molecule has 2 unspecified atom stereocenters. The van der Waals surface area contributed by atoms with E-state index in [-0.39, 0.29) is 0 Å². The first kappa shape index (κ1) is 16.4. The zero-order valence-electron chi connectivity index (χ0n) is 15.1. The largest absolute Gasteiger partial charge is 0.493 e. The smallest absolute Gasteiger partial charge is 0.160 e. The topological polar surface area (TPSA) is 30.8 Å². The molecule has 0 aromatic heterocycles. The lowest BCUT2D eigenvalue weighted by atomic mass is 9.70. The molecule has 126 valence electrons. The summed E-state index contributed by atoms with van der Waals surface area (Å²) in [6.45, 7) is 8.15. The van der Waals surface area contributed by atoms with Gasteiger partial charge in [-0.2, -0.15) is 0 Å². The highest BCUT2D eigenvalue weighted by atomic mass is 16.5. The summed E-state index contributed by atoms with van der Waals surface area (Å²) in [7, 11) is 3.35. The average Bonchev–Trinajstić information content (AvgIpc) is 2.88. The van der Waals surface area contributed by atoms with E-state index in [9.17, 15) is 0 Å². The maximum Gasteiger partial charge on any atom is 0.160 e. The molecule has 0 radical (unpaired) electrons. The van der Waals surface area contributed by atoms with Crippen molar-refractivity contribution in [3.63, 3.8) is 0 Å². The van der Waals surface area contributed by atoms with Crippen LogP contribution in [0.25, 0.3) is 0 Å². The Hall–Kier alpha value is -1.51. The lowest BCUT2D eigenvalue weighted by molar-refractivity contribution is 0.194. The van der Waals surface area contributed by atoms with E-state index in [0.29, 0.717) is 10.8 Å². The Morgan fingerprint density at radius 3 is 2.43 bits per heavy atom. The molecule has 1 aromatic rings. The maximum atomic E-state index is 5.38. The molecular weight excluding hydrogens is 286 g/mol. The van der Waals surface area contributed by atoms with Gasteiger partial charge in [-0.25, -0.2) is 0 Å². The van der Waals surface area contributed by atoms with E-state index in [0.717, 1.165) is 30.4 Å². The minimum Gasteiger partial charge on any atom is -0.493 e. The molecule has 23 heavy (non-hydrogen) atoms. The Morgan fingerprint density at radius 1 is 1.13 bits per heavy atom. The molecule has 2 aliphatic carbocycles. The minimum atomic E-state index is 0.315. The van der Waals surface area contributed by atoms with Crippen LogP contribution < -0.4 is 9.47 Å². The van der Waals surface area contributed by atoms with E-state index < -0.39 is 0 Å². The first-order chi connectivity index (χ1) is 10.9. The van der Waals surface area contributed by atoms with Gasteiger partial charge >= 0.3 is 0 Å². The van der Waals surface area contributed by atoms with Gasteiger partial charge in [0.2, 0.25) is 0 Å². The molecule has 2 bridgehead atoms. The summed E-state index contributed by atoms with van der Waals surface area (Å²) in [5.74, 6) is 2.41. The Kier molecular flexibility index (Phi) is 4.16. The van der Waals surface area contributed by atoms with Crippen LogP contribution in [0.15, 0.2) is 23.2 Å². The fourth-order valence-corrected chi connectivity index (χ4v) is 4.52. The SMILES string of the molecule is COc1ccc(CCN=C2CC3CCC2(C)C3(C)C)cc1OC. The molecule has 0 N–H and O–H groups in total. The van der Waals surface area contributed by atoms with Crippen LogP contribution in [0.2, 0.25) is 0 Å². The molecule has 0 amide bonds. The molecule has 2 saturated carbocycles. The lowest BCUT2D eigenvalue weighted by Gasteiger charge is -2.34. The molecule has 1 aromatic carbocycles. The van der Waals surface area contributed by atoms with Crippen molar-refractivity contribution >= 4 is 5.71 Å². The number of hydrogen-bond donors (Lipinski definition) is 0. The standard InChI is InChI=1S/C20H29NO2/c1-19(2)15-8-10-20(19,3)18(13-15)21-11-9-14-6-7-16(22-4)17(12-14)23-5/h6-7,12,15H,8-11,13H2,1-5H3. The third-order valence-corrected chi connectivity index (χ3v) is 6.66. The normalized spacial score (nSPS) is 30.0. The monoisotopic (exact) mass is 315 g/mol. The number of hydrogen-bond acceptors (Lipinski definition) is 3. The van der Waals surface area contributed by atoms with Crippen molar-refractivity contribution in [2.75, 3.05) is 20.8 Å². The van der Waals surface area contributed by atoms with Crippen LogP contribution in [-0.2, 0) is 6.42 Å². The van der Waals surface area contributed by atoms with Gasteiger partial charge in [-0.15, -0.1) is 0 Å². The molecule has 3 nitrogen and oxygen atoms in total. The number of ether oxygens (including phenoxy) is 2. The second-order valence-electron chi connectivity index (χ2n) is 7.76. The molecule has 3 heteroatoms. The van der Waals surface area contributed by atoms with E-state index in [2.05, 4.69) is 32.9 Å². The van der Waals surface area contributed by atoms with Crippen molar-refractivity contribution in [1.29, 1.82) is 0 Å². The van der Waals surface area contributed by atoms with Crippen LogP contribution in [0.3, 0.4) is 0 Å². The zero-order chi connectivity index (χ0) is 16.7. The fourth-order valence-electron chi connectivity index (χ4n) is 4.52. The molecule has 2 fully saturated rings. The van der Waals surface area contributed by atoms with Crippen LogP contribution in [0.4, 0.5) is 0 Å². The molecule has 3 rings (SSSR count). The molecular formula is C20H29NO2. The first-order valence-electron chi connectivity index (χ1n) is 8.67. The fraction of sp³-hybridized carbons (Fsp3) is 0.650. The predicted octanol–water partition coefficient (Wildman–Crippen LogP) is 4.53. The minimum absolute atomic E-state index is 0.315. The van der Waals surface area contributed by atoms with Gasteiger partial charge in [-0.1, -0.05) is 26.8 Å². The van der Waals surface area contributed by atoms with Crippen LogP contribution in [0, 0.1) is 16.7 Å². The predicted molar refractivity (Wildman–Crippen MR) is 94.8 cm³/mol. The lowest BCUT2D eigenvalue weighted by Crippen LogP contribution is -2.32. The van der Waals surface area contributed by atoms with Crippen LogP contribution >= 0.6 is 0 Å². The van der Waals surface area contributed by atoms with E-state index in [1.807, 2.05) is 6.07 Å². The molecule has 0 heterocycles. The van der Waals surface area contributed by atoms with Crippen LogP contribution in [0.1, 0.15) is 45.6 Å². The van der Waals surface area contributed by atoms with Gasteiger partial charge in [-0.3, -0.25) is 4.99 Å². The highest BCUT2D eigenvalue weighted by Crippen LogP contribution is 2.63. The molecule has 0 saturated heterocycles. The summed E-state index contributed by atoms with van der Waals surface area (Å²) >= 11 is 0. The third kappa shape index (κ3) is 2.54. The van der Waals surface area contributed by atoms with Crippen molar-refractivity contribution in [2.24, 2.45) is 21.7 Å². The molecule has 2 aliphatic rings. The van der Waals surface area contributed by atoms with Gasteiger partial charge in [0.15, 0.2) is 11.5 Å². The molecule has 2 atom stereocenters. The van der Waals surface area contributed by atoms with Gasteiger partial charge < -0.3 is 9.47 Å². The van der Waals surface area contributed by atoms with Crippen molar-refractivity contribution in [1.82, 2.24) is 0 Å². The summed E-state index contributed by atoms with van der Waals surface area (Å²) in [6, 6.07) is 6.14. The second kappa shape index (κ2) is 5.85. The van der Waals surface area contributed by atoms with Gasteiger partial charge in [-0.05, 0) is 54.7 Å². The number of fused-ring (bicyclic) bond motifs is 2. The van der Waals surface area contributed by atoms with E-state index in [1.54, 1.807) is 14.2 Å². The van der Waals surface area contributed by atoms with Crippen LogP contribution in [0.5, 0.6) is 11.5 Å². The maximum absolute atomic E-state index is 5.38. The Morgan fingerprint density at radius 2 is 1.87 bits per heavy atom. The number of methoxy groups -OCH3 is 2. The summed E-state index contributed by atoms with van der Waals surface area (Å²) < 4.78 is 10.7. The van der Waals surface area contributed by atoms with Gasteiger partial charge in [0.05, 0.1) is 14.2 Å². The van der Waals surface area contributed by atoms with Gasteiger partial charge in [0.1, 0.15) is 0 Å². The summed E-state index contributed by atoms with van der Waals surface area (Å²) in [6.07, 6.45) is 4.83. The Bertz CT molecular complexity index is 620. The zero-order valence-corrected chi connectivity index (χ0v) is 15.1. The number of aliphatic imine (C=N–C) groups is 1. The number of benzene rings is 1. The van der Waals surface area contributed by atoms with E-state index in [4.69, 9.17) is 14.5 Å². The quantitative estimate of drug-likeness (QED) is 0.799. The van der Waals surface area contributed by atoms with Gasteiger partial charge in [0.25, 0.3) is 0 Å². The van der Waals surface area contributed by atoms with Crippen molar-refractivity contribution < 1.29 is 9.47 Å². The first-order valence-corrected chi connectivity index (χ1v) is 8.67. The van der Waals surface area contributed by atoms with E-state index in [1.165, 1.54) is 30.5 Å². The van der Waals surface area contributed by atoms with Crippen molar-refractivity contribution in [3.05, 3.63) is 23.8 Å². The Balaban J connectivity index is 1.68. The summed E-state index contributed by atoms with van der Waals surface area (Å²) in [5.41, 5.74) is 3.43. The number of rotatable bonds is 5. The molecule has 0 aliphatic heterocycles. The Labute approximate surface area is 140 Å². The second-order valence-corrected chi connectivity index (χ2v) is 7.76. The van der Waals surface area contributed by atoms with E-state index >= 15 is 0 Å². The highest BCUT2D eigenvalue weighted by Gasteiger charge is 2.59. The number of nitrogens with zero attached hydrogens (tertiary/aromatic N) is 1. The summed E-state index contributed by atoms with van der Waals surface area (Å²) in [4.78, 5) is 5.01. The molecule has 0 spiro atoms.